The highest BCUT2D eigenvalue weighted by atomic mass is 16.6. The fourth-order valence-corrected chi connectivity index (χ4v) is 2.67. The predicted octanol–water partition coefficient (Wildman–Crippen LogP) is 3.01. The first-order valence-corrected chi connectivity index (χ1v) is 7.22. The van der Waals surface area contributed by atoms with Crippen molar-refractivity contribution in [1.82, 2.24) is 9.78 Å². The van der Waals surface area contributed by atoms with E-state index in [9.17, 15) is 9.59 Å². The van der Waals surface area contributed by atoms with Crippen LogP contribution in [0.5, 0.6) is 0 Å². The molecule has 6 heteroatoms. The first kappa shape index (κ1) is 15.5. The van der Waals surface area contributed by atoms with E-state index in [0.717, 1.165) is 18.5 Å². The van der Waals surface area contributed by atoms with E-state index in [2.05, 4.69) is 10.4 Å². The highest BCUT2D eigenvalue weighted by molar-refractivity contribution is 5.89. The molecule has 1 aliphatic rings. The van der Waals surface area contributed by atoms with Gasteiger partial charge in [0.1, 0.15) is 11.1 Å². The van der Waals surface area contributed by atoms with Crippen LogP contribution in [0.2, 0.25) is 0 Å². The minimum atomic E-state index is -0.599. The van der Waals surface area contributed by atoms with E-state index in [0.29, 0.717) is 12.1 Å². The maximum absolute atomic E-state index is 12.1. The van der Waals surface area contributed by atoms with Crippen LogP contribution in [0.15, 0.2) is 6.20 Å². The van der Waals surface area contributed by atoms with E-state index < -0.39 is 17.2 Å². The zero-order valence-electron chi connectivity index (χ0n) is 13.3. The van der Waals surface area contributed by atoms with Crippen molar-refractivity contribution in [1.29, 1.82) is 0 Å². The molecule has 1 aromatic heterocycles. The van der Waals surface area contributed by atoms with Crippen molar-refractivity contribution >= 4 is 17.6 Å². The molecule has 1 amide bonds. The zero-order chi connectivity index (χ0) is 15.8. The number of aromatic nitrogens is 2. The van der Waals surface area contributed by atoms with Crippen molar-refractivity contribution in [2.75, 3.05) is 5.32 Å². The number of hydrogen-bond donors (Lipinski definition) is 1. The van der Waals surface area contributed by atoms with Crippen LogP contribution in [0.3, 0.4) is 0 Å². The second-order valence-corrected chi connectivity index (χ2v) is 6.73. The van der Waals surface area contributed by atoms with E-state index in [1.54, 1.807) is 31.6 Å². The number of anilines is 1. The summed E-state index contributed by atoms with van der Waals surface area (Å²) in [6, 6.07) is 0. The van der Waals surface area contributed by atoms with Gasteiger partial charge in [-0.05, 0) is 47.5 Å². The fourth-order valence-electron chi connectivity index (χ4n) is 2.67. The molecule has 21 heavy (non-hydrogen) atoms. The Morgan fingerprint density at radius 2 is 2.14 bits per heavy atom. The Hall–Kier alpha value is -1.85. The maximum atomic E-state index is 12.1. The molecule has 1 fully saturated rings. The van der Waals surface area contributed by atoms with Gasteiger partial charge in [-0.3, -0.25) is 14.8 Å². The third-order valence-corrected chi connectivity index (χ3v) is 3.78. The molecule has 1 unspecified atom stereocenters. The number of carbonyl (C=O) groups excluding carboxylic acids is 2. The molecule has 0 aliphatic heterocycles. The zero-order valence-corrected chi connectivity index (χ0v) is 13.3. The summed E-state index contributed by atoms with van der Waals surface area (Å²) >= 11 is 0. The van der Waals surface area contributed by atoms with E-state index in [-0.39, 0.29) is 5.78 Å². The van der Waals surface area contributed by atoms with Crippen molar-refractivity contribution in [3.8, 4) is 0 Å². The molecule has 0 saturated heterocycles. The molecule has 0 radical (unpaired) electrons. The number of ether oxygens (including phenoxy) is 1. The van der Waals surface area contributed by atoms with Gasteiger partial charge in [-0.1, -0.05) is 0 Å². The van der Waals surface area contributed by atoms with Crippen molar-refractivity contribution < 1.29 is 14.3 Å². The van der Waals surface area contributed by atoms with Gasteiger partial charge in [0.2, 0.25) is 0 Å². The summed E-state index contributed by atoms with van der Waals surface area (Å²) in [4.78, 5) is 23.9. The van der Waals surface area contributed by atoms with Gasteiger partial charge in [0.25, 0.3) is 0 Å². The van der Waals surface area contributed by atoms with E-state index in [1.807, 2.05) is 13.8 Å². The normalized spacial score (nSPS) is 22.4. The minimum absolute atomic E-state index is 0.192. The average Bonchev–Trinajstić information content (AvgIpc) is 2.83. The summed E-state index contributed by atoms with van der Waals surface area (Å²) in [7, 11) is 0. The van der Waals surface area contributed by atoms with Gasteiger partial charge in [-0.25, -0.2) is 4.79 Å². The van der Waals surface area contributed by atoms with Crippen LogP contribution < -0.4 is 5.32 Å². The molecule has 1 aromatic rings. The van der Waals surface area contributed by atoms with Crippen LogP contribution in [0, 0.1) is 6.92 Å². The van der Waals surface area contributed by atoms with Gasteiger partial charge in [0.05, 0.1) is 17.6 Å². The second kappa shape index (κ2) is 5.16. The molecule has 2 rings (SSSR count). The van der Waals surface area contributed by atoms with E-state index in [4.69, 9.17) is 4.74 Å². The minimum Gasteiger partial charge on any atom is -0.444 e. The number of nitrogens with one attached hydrogen (secondary N) is 1. The summed E-state index contributed by atoms with van der Waals surface area (Å²) < 4.78 is 6.94. The Bertz CT molecular complexity index is 571. The molecule has 1 N–H and O–H groups in total. The molecule has 1 saturated carbocycles. The SMILES string of the molecule is Cc1c(NC(=O)OC(C)(C)C)cnn1C1(C)CCCC1=O. The van der Waals surface area contributed by atoms with Crippen LogP contribution >= 0.6 is 0 Å². The summed E-state index contributed by atoms with van der Waals surface area (Å²) in [6.45, 7) is 9.17. The van der Waals surface area contributed by atoms with Crippen molar-refractivity contribution in [2.24, 2.45) is 0 Å². The van der Waals surface area contributed by atoms with E-state index >= 15 is 0 Å². The number of carbonyl (C=O) groups is 2. The fraction of sp³-hybridized carbons (Fsp3) is 0.667. The van der Waals surface area contributed by atoms with E-state index in [1.165, 1.54) is 0 Å². The highest BCUT2D eigenvalue weighted by Gasteiger charge is 2.41. The molecular formula is C15H23N3O3. The second-order valence-electron chi connectivity index (χ2n) is 6.73. The monoisotopic (exact) mass is 293 g/mol. The summed E-state index contributed by atoms with van der Waals surface area (Å²) in [5.41, 5.74) is 0.183. The molecule has 1 atom stereocenters. The quantitative estimate of drug-likeness (QED) is 0.909. The van der Waals surface area contributed by atoms with Crippen molar-refractivity contribution in [3.63, 3.8) is 0 Å². The number of hydrogen-bond acceptors (Lipinski definition) is 4. The lowest BCUT2D eigenvalue weighted by atomic mass is 9.99. The number of rotatable bonds is 2. The molecule has 0 bridgehead atoms. The lowest BCUT2D eigenvalue weighted by Crippen LogP contribution is -2.36. The molecule has 1 aliphatic carbocycles. The first-order chi connectivity index (χ1) is 9.63. The molecule has 6 nitrogen and oxygen atoms in total. The van der Waals surface area contributed by atoms with Crippen molar-refractivity contribution in [2.45, 2.75) is 65.0 Å². The number of amides is 1. The van der Waals surface area contributed by atoms with Gasteiger partial charge in [-0.2, -0.15) is 5.10 Å². The van der Waals surface area contributed by atoms with Gasteiger partial charge >= 0.3 is 6.09 Å². The van der Waals surface area contributed by atoms with Crippen LogP contribution in [0.1, 0.15) is 52.7 Å². The standard InChI is InChI=1S/C15H23N3O3/c1-10-11(17-13(20)21-14(2,3)4)9-16-18(10)15(5)8-6-7-12(15)19/h9H,6-8H2,1-5H3,(H,17,20). The summed E-state index contributed by atoms with van der Waals surface area (Å²) in [5, 5.41) is 6.98. The first-order valence-electron chi connectivity index (χ1n) is 7.22. The topological polar surface area (TPSA) is 73.2 Å². The van der Waals surface area contributed by atoms with Gasteiger partial charge in [0.15, 0.2) is 5.78 Å². The molecule has 0 aromatic carbocycles. The number of Topliss-reactive ketones (excluding diaryl/α,β-unsaturated/α-hetero) is 1. The van der Waals surface area contributed by atoms with Gasteiger partial charge in [-0.15, -0.1) is 0 Å². The summed E-state index contributed by atoms with van der Waals surface area (Å²) in [6.07, 6.45) is 3.29. The largest absolute Gasteiger partial charge is 0.444 e. The Labute approximate surface area is 124 Å². The smallest absolute Gasteiger partial charge is 0.412 e. The van der Waals surface area contributed by atoms with Gasteiger partial charge in [0, 0.05) is 6.42 Å². The lowest BCUT2D eigenvalue weighted by Gasteiger charge is -2.24. The number of ketones is 1. The molecule has 116 valence electrons. The van der Waals surface area contributed by atoms with Crippen molar-refractivity contribution in [3.05, 3.63) is 11.9 Å². The number of nitrogens with zero attached hydrogens (tertiary/aromatic N) is 2. The molecule has 1 heterocycles. The molecular weight excluding hydrogens is 270 g/mol. The maximum Gasteiger partial charge on any atom is 0.412 e. The highest BCUT2D eigenvalue weighted by Crippen LogP contribution is 2.34. The van der Waals surface area contributed by atoms with Crippen LogP contribution in [-0.2, 0) is 15.1 Å². The van der Waals surface area contributed by atoms with Crippen LogP contribution in [-0.4, -0.2) is 27.3 Å². The van der Waals surface area contributed by atoms with Crippen LogP contribution in [0.25, 0.3) is 0 Å². The Balaban J connectivity index is 2.18. The average molecular weight is 293 g/mol. The third kappa shape index (κ3) is 3.09. The summed E-state index contributed by atoms with van der Waals surface area (Å²) in [5.74, 6) is 0.192. The lowest BCUT2D eigenvalue weighted by molar-refractivity contribution is -0.124. The molecule has 0 spiro atoms. The predicted molar refractivity (Wildman–Crippen MR) is 79.3 cm³/mol. The Morgan fingerprint density at radius 1 is 1.48 bits per heavy atom. The Morgan fingerprint density at radius 3 is 2.67 bits per heavy atom. The Kier molecular flexibility index (Phi) is 3.82. The van der Waals surface area contributed by atoms with Gasteiger partial charge < -0.3 is 4.74 Å². The third-order valence-electron chi connectivity index (χ3n) is 3.78. The van der Waals surface area contributed by atoms with Crippen LogP contribution in [0.4, 0.5) is 10.5 Å².